The number of amides is 2. The number of anilines is 1. The molecule has 1 fully saturated rings. The second-order valence-corrected chi connectivity index (χ2v) is 7.10. The van der Waals surface area contributed by atoms with Crippen molar-refractivity contribution in [2.24, 2.45) is 5.41 Å². The first kappa shape index (κ1) is 16.1. The van der Waals surface area contributed by atoms with Gasteiger partial charge in [0.1, 0.15) is 6.04 Å². The number of para-hydroxylation sites is 1. The zero-order valence-electron chi connectivity index (χ0n) is 12.1. The first-order chi connectivity index (χ1) is 9.83. The van der Waals surface area contributed by atoms with Crippen LogP contribution in [0.3, 0.4) is 0 Å². The first-order valence-corrected chi connectivity index (χ1v) is 7.96. The number of hydrogen-bond acceptors (Lipinski definition) is 2. The second kappa shape index (κ2) is 6.21. The van der Waals surface area contributed by atoms with Gasteiger partial charge in [-0.2, -0.15) is 0 Å². The van der Waals surface area contributed by atoms with Crippen molar-refractivity contribution >= 4 is 40.3 Å². The number of hydrogen-bond donors (Lipinski definition) is 2. The monoisotopic (exact) mass is 402 g/mol. The maximum absolute atomic E-state index is 12.5. The van der Waals surface area contributed by atoms with E-state index in [1.54, 1.807) is 0 Å². The molecule has 21 heavy (non-hydrogen) atoms. The van der Waals surface area contributed by atoms with Crippen molar-refractivity contribution in [2.45, 2.75) is 32.7 Å². The molecule has 5 nitrogen and oxygen atoms in total. The number of aliphatic carboxylic acids is 1. The summed E-state index contributed by atoms with van der Waals surface area (Å²) < 4.78 is 0.923. The summed E-state index contributed by atoms with van der Waals surface area (Å²) in [4.78, 5) is 25.5. The lowest BCUT2D eigenvalue weighted by Gasteiger charge is -2.43. The van der Waals surface area contributed by atoms with Crippen molar-refractivity contribution < 1.29 is 14.7 Å². The molecule has 1 aromatic carbocycles. The molecule has 1 atom stereocenters. The number of carbonyl (C=O) groups is 2. The summed E-state index contributed by atoms with van der Waals surface area (Å²) in [5, 5.41) is 12.3. The Morgan fingerprint density at radius 1 is 1.38 bits per heavy atom. The van der Waals surface area contributed by atoms with Crippen molar-refractivity contribution in [1.29, 1.82) is 0 Å². The number of carboxylic acids is 1. The third-order valence-electron chi connectivity index (χ3n) is 3.88. The lowest BCUT2D eigenvalue weighted by Crippen LogP contribution is -2.57. The number of carbonyl (C=O) groups excluding carboxylic acids is 1. The van der Waals surface area contributed by atoms with E-state index in [0.29, 0.717) is 12.2 Å². The predicted molar refractivity (Wildman–Crippen MR) is 89.3 cm³/mol. The minimum Gasteiger partial charge on any atom is -0.480 e. The largest absolute Gasteiger partial charge is 0.480 e. The Kier molecular flexibility index (Phi) is 4.75. The van der Waals surface area contributed by atoms with Gasteiger partial charge in [0.15, 0.2) is 0 Å². The van der Waals surface area contributed by atoms with Gasteiger partial charge in [0.25, 0.3) is 0 Å². The molecule has 6 heteroatoms. The fraction of sp³-hybridized carbons (Fsp3) is 0.467. The van der Waals surface area contributed by atoms with Gasteiger partial charge >= 0.3 is 12.0 Å². The molecule has 0 radical (unpaired) electrons. The van der Waals surface area contributed by atoms with Gasteiger partial charge in [-0.1, -0.05) is 26.0 Å². The van der Waals surface area contributed by atoms with Crippen LogP contribution in [0, 0.1) is 8.99 Å². The van der Waals surface area contributed by atoms with E-state index in [4.69, 9.17) is 0 Å². The fourth-order valence-electron chi connectivity index (χ4n) is 2.83. The maximum atomic E-state index is 12.5. The molecule has 114 valence electrons. The van der Waals surface area contributed by atoms with Crippen LogP contribution >= 0.6 is 22.6 Å². The van der Waals surface area contributed by atoms with Crippen LogP contribution < -0.4 is 5.32 Å². The molecule has 1 saturated heterocycles. The van der Waals surface area contributed by atoms with E-state index in [1.807, 2.05) is 38.1 Å². The minimum absolute atomic E-state index is 0.348. The third-order valence-corrected chi connectivity index (χ3v) is 4.82. The van der Waals surface area contributed by atoms with E-state index >= 15 is 0 Å². The highest BCUT2D eigenvalue weighted by molar-refractivity contribution is 14.1. The second-order valence-electron chi connectivity index (χ2n) is 5.94. The highest BCUT2D eigenvalue weighted by Crippen LogP contribution is 2.35. The molecular formula is C15H19IN2O3. The third kappa shape index (κ3) is 3.48. The molecular weight excluding hydrogens is 383 g/mol. The smallest absolute Gasteiger partial charge is 0.327 e. The number of halogens is 1. The minimum atomic E-state index is -0.947. The van der Waals surface area contributed by atoms with Gasteiger partial charge in [-0.3, -0.25) is 0 Å². The fourth-order valence-corrected chi connectivity index (χ4v) is 3.35. The molecule has 1 unspecified atom stereocenters. The summed E-state index contributed by atoms with van der Waals surface area (Å²) >= 11 is 2.14. The molecule has 1 aliphatic rings. The van der Waals surface area contributed by atoms with Crippen LogP contribution in [-0.2, 0) is 4.79 Å². The first-order valence-electron chi connectivity index (χ1n) is 6.88. The topological polar surface area (TPSA) is 69.6 Å². The van der Waals surface area contributed by atoms with E-state index in [-0.39, 0.29) is 6.03 Å². The van der Waals surface area contributed by atoms with E-state index in [9.17, 15) is 14.7 Å². The summed E-state index contributed by atoms with van der Waals surface area (Å²) in [6.45, 7) is 4.27. The standard InChI is InChI=1S/C15H19IN2O3/c1-15(2)8-5-9-18(12(15)13(19)20)14(21)17-11-7-4-3-6-10(11)16/h3-4,6-7,12H,5,8-9H2,1-2H3,(H,17,21)(H,19,20). The molecule has 1 aliphatic heterocycles. The number of likely N-dealkylation sites (tertiary alicyclic amines) is 1. The summed E-state index contributed by atoms with van der Waals surface area (Å²) in [5.41, 5.74) is 0.279. The molecule has 0 aromatic heterocycles. The number of benzene rings is 1. The van der Waals surface area contributed by atoms with Crippen LogP contribution in [0.2, 0.25) is 0 Å². The van der Waals surface area contributed by atoms with Crippen molar-refractivity contribution in [2.75, 3.05) is 11.9 Å². The maximum Gasteiger partial charge on any atom is 0.327 e. The lowest BCUT2D eigenvalue weighted by molar-refractivity contribution is -0.148. The van der Waals surface area contributed by atoms with Crippen LogP contribution in [0.15, 0.2) is 24.3 Å². The Hall–Kier alpha value is -1.31. The average molecular weight is 402 g/mol. The number of urea groups is 1. The predicted octanol–water partition coefficient (Wildman–Crippen LogP) is 3.40. The molecule has 0 bridgehead atoms. The highest BCUT2D eigenvalue weighted by atomic mass is 127. The Balaban J connectivity index is 2.21. The molecule has 2 amide bonds. The van der Waals surface area contributed by atoms with Gasteiger partial charge in [0, 0.05) is 10.1 Å². The SMILES string of the molecule is CC1(C)CCCN(C(=O)Nc2ccccc2I)C1C(=O)O. The number of nitrogens with zero attached hydrogens (tertiary/aromatic N) is 1. The van der Waals surface area contributed by atoms with E-state index in [0.717, 1.165) is 16.4 Å². The number of carboxylic acid groups (broad SMARTS) is 1. The van der Waals surface area contributed by atoms with Gasteiger partial charge in [-0.05, 0) is 53.0 Å². The normalized spacial score (nSPS) is 20.9. The van der Waals surface area contributed by atoms with Gasteiger partial charge in [0.05, 0.1) is 5.69 Å². The van der Waals surface area contributed by atoms with E-state index in [2.05, 4.69) is 27.9 Å². The highest BCUT2D eigenvalue weighted by Gasteiger charge is 2.44. The van der Waals surface area contributed by atoms with Crippen molar-refractivity contribution in [3.8, 4) is 0 Å². The van der Waals surface area contributed by atoms with Gasteiger partial charge in [0.2, 0.25) is 0 Å². The summed E-state index contributed by atoms with van der Waals surface area (Å²) in [6, 6.07) is 6.29. The number of piperidine rings is 1. The number of nitrogens with one attached hydrogen (secondary N) is 1. The van der Waals surface area contributed by atoms with Gasteiger partial charge < -0.3 is 15.3 Å². The van der Waals surface area contributed by atoms with Crippen LogP contribution in [0.4, 0.5) is 10.5 Å². The Morgan fingerprint density at radius 2 is 2.05 bits per heavy atom. The van der Waals surface area contributed by atoms with Crippen LogP contribution in [0.5, 0.6) is 0 Å². The zero-order chi connectivity index (χ0) is 15.6. The van der Waals surface area contributed by atoms with Crippen LogP contribution in [0.1, 0.15) is 26.7 Å². The Bertz CT molecular complexity index is 560. The van der Waals surface area contributed by atoms with E-state index in [1.165, 1.54) is 4.90 Å². The summed E-state index contributed by atoms with van der Waals surface area (Å²) in [5.74, 6) is -0.947. The molecule has 1 heterocycles. The van der Waals surface area contributed by atoms with Crippen LogP contribution in [0.25, 0.3) is 0 Å². The average Bonchev–Trinajstić information content (AvgIpc) is 2.39. The van der Waals surface area contributed by atoms with Gasteiger partial charge in [-0.15, -0.1) is 0 Å². The molecule has 2 rings (SSSR count). The summed E-state index contributed by atoms with van der Waals surface area (Å²) in [7, 11) is 0. The zero-order valence-corrected chi connectivity index (χ0v) is 14.3. The van der Waals surface area contributed by atoms with Crippen molar-refractivity contribution in [3.05, 3.63) is 27.8 Å². The molecule has 0 saturated carbocycles. The summed E-state index contributed by atoms with van der Waals surface area (Å²) in [6.07, 6.45) is 1.62. The quantitative estimate of drug-likeness (QED) is 0.746. The van der Waals surface area contributed by atoms with Crippen LogP contribution in [-0.4, -0.2) is 34.6 Å². The molecule has 0 aliphatic carbocycles. The van der Waals surface area contributed by atoms with Crippen molar-refractivity contribution in [3.63, 3.8) is 0 Å². The van der Waals surface area contributed by atoms with Gasteiger partial charge in [-0.25, -0.2) is 9.59 Å². The van der Waals surface area contributed by atoms with E-state index < -0.39 is 17.4 Å². The molecule has 2 N–H and O–H groups in total. The lowest BCUT2D eigenvalue weighted by atomic mass is 9.76. The molecule has 1 aromatic rings. The Morgan fingerprint density at radius 3 is 2.67 bits per heavy atom. The van der Waals surface area contributed by atoms with Crippen molar-refractivity contribution in [1.82, 2.24) is 4.90 Å². The number of rotatable bonds is 2. The Labute approximate surface area is 137 Å². The molecule has 0 spiro atoms.